The Labute approximate surface area is 122 Å². The first kappa shape index (κ1) is 14.8. The Morgan fingerprint density at radius 2 is 2.00 bits per heavy atom. The first-order valence-electron chi connectivity index (χ1n) is 6.58. The van der Waals surface area contributed by atoms with Crippen LogP contribution in [0.15, 0.2) is 30.5 Å². The molecule has 2 rings (SSSR count). The molecule has 0 aliphatic carbocycles. The molecule has 0 N–H and O–H groups in total. The number of aromatic nitrogens is 1. The molecule has 0 fully saturated rings. The number of rotatable bonds is 4. The number of nitrogens with zero attached hydrogens (tertiary/aromatic N) is 1. The van der Waals surface area contributed by atoms with Gasteiger partial charge in [0, 0.05) is 23.9 Å². The summed E-state index contributed by atoms with van der Waals surface area (Å²) in [5, 5.41) is 0.802. The molecule has 21 heavy (non-hydrogen) atoms. The Morgan fingerprint density at radius 1 is 1.24 bits per heavy atom. The monoisotopic (exact) mass is 287 g/mol. The third kappa shape index (κ3) is 2.97. The van der Waals surface area contributed by atoms with E-state index in [1.807, 2.05) is 25.1 Å². The predicted octanol–water partition coefficient (Wildman–Crippen LogP) is 2.63. The first-order chi connectivity index (χ1) is 10.1. The van der Waals surface area contributed by atoms with Gasteiger partial charge in [0.2, 0.25) is 0 Å². The maximum absolute atomic E-state index is 11.9. The van der Waals surface area contributed by atoms with Crippen molar-refractivity contribution in [3.8, 4) is 0 Å². The minimum absolute atomic E-state index is 0.404. The Hall–Kier alpha value is -2.56. The highest BCUT2D eigenvalue weighted by Gasteiger charge is 2.15. The number of ether oxygens (including phenoxy) is 2. The number of fused-ring (bicyclic) bond motifs is 1. The first-order valence-corrected chi connectivity index (χ1v) is 6.58. The third-order valence-corrected chi connectivity index (χ3v) is 3.28. The summed E-state index contributed by atoms with van der Waals surface area (Å²) in [5.74, 6) is -0.861. The predicted molar refractivity (Wildman–Crippen MR) is 80.0 cm³/mol. The van der Waals surface area contributed by atoms with Gasteiger partial charge in [-0.3, -0.25) is 0 Å². The van der Waals surface area contributed by atoms with E-state index < -0.39 is 11.9 Å². The molecule has 0 aliphatic rings. The van der Waals surface area contributed by atoms with Crippen molar-refractivity contribution in [1.82, 2.24) is 4.57 Å². The quantitative estimate of drug-likeness (QED) is 0.640. The van der Waals surface area contributed by atoms with Crippen LogP contribution in [-0.2, 0) is 20.7 Å². The van der Waals surface area contributed by atoms with Gasteiger partial charge in [-0.2, -0.15) is 0 Å². The zero-order valence-electron chi connectivity index (χ0n) is 12.3. The highest BCUT2D eigenvalue weighted by atomic mass is 16.5. The molecule has 0 spiro atoms. The van der Waals surface area contributed by atoms with E-state index in [1.54, 1.807) is 17.0 Å². The van der Waals surface area contributed by atoms with Gasteiger partial charge in [-0.1, -0.05) is 13.0 Å². The van der Waals surface area contributed by atoms with Crippen molar-refractivity contribution in [3.05, 3.63) is 41.6 Å². The largest absolute Gasteiger partial charge is 0.466 e. The van der Waals surface area contributed by atoms with Crippen LogP contribution in [0.25, 0.3) is 17.1 Å². The fraction of sp³-hybridized carbons (Fsp3) is 0.250. The summed E-state index contributed by atoms with van der Waals surface area (Å²) in [6, 6.07) is 5.87. The molecule has 0 bridgehead atoms. The van der Waals surface area contributed by atoms with Crippen LogP contribution >= 0.6 is 0 Å². The van der Waals surface area contributed by atoms with Gasteiger partial charge >= 0.3 is 11.9 Å². The van der Waals surface area contributed by atoms with Gasteiger partial charge in [-0.15, -0.1) is 0 Å². The van der Waals surface area contributed by atoms with E-state index in [0.717, 1.165) is 22.9 Å². The maximum Gasteiger partial charge on any atom is 0.340 e. The molecular formula is C16H17NO4. The van der Waals surface area contributed by atoms with Crippen LogP contribution in [0.1, 0.15) is 22.8 Å². The SMILES string of the molecule is CCc1ccc2c(c1)c(C(=O)OC)cn2/C=C/C(=O)OC. The second-order valence-corrected chi connectivity index (χ2v) is 4.49. The topological polar surface area (TPSA) is 57.5 Å². The second kappa shape index (κ2) is 6.26. The average Bonchev–Trinajstić information content (AvgIpc) is 2.89. The minimum Gasteiger partial charge on any atom is -0.466 e. The van der Waals surface area contributed by atoms with Gasteiger partial charge in [0.25, 0.3) is 0 Å². The number of aryl methyl sites for hydroxylation is 1. The zero-order chi connectivity index (χ0) is 15.4. The molecule has 1 aromatic heterocycles. The van der Waals surface area contributed by atoms with E-state index in [2.05, 4.69) is 4.74 Å². The molecule has 0 unspecified atom stereocenters. The number of benzene rings is 1. The van der Waals surface area contributed by atoms with E-state index in [0.29, 0.717) is 5.56 Å². The number of hydrogen-bond donors (Lipinski definition) is 0. The summed E-state index contributed by atoms with van der Waals surface area (Å²) in [5.41, 5.74) is 2.42. The van der Waals surface area contributed by atoms with Crippen molar-refractivity contribution >= 4 is 29.0 Å². The molecule has 0 atom stereocenters. The fourth-order valence-corrected chi connectivity index (χ4v) is 2.13. The van der Waals surface area contributed by atoms with Gasteiger partial charge in [-0.05, 0) is 24.1 Å². The molecule has 5 nitrogen and oxygen atoms in total. The van der Waals surface area contributed by atoms with Gasteiger partial charge in [0.1, 0.15) is 0 Å². The van der Waals surface area contributed by atoms with Gasteiger partial charge in [0.05, 0.1) is 25.3 Å². The van der Waals surface area contributed by atoms with Crippen LogP contribution in [0, 0.1) is 0 Å². The molecule has 1 heterocycles. The summed E-state index contributed by atoms with van der Waals surface area (Å²) in [7, 11) is 2.66. The molecule has 5 heteroatoms. The number of esters is 2. The number of hydrogen-bond acceptors (Lipinski definition) is 4. The summed E-state index contributed by atoms with van der Waals surface area (Å²) >= 11 is 0. The summed E-state index contributed by atoms with van der Waals surface area (Å²) in [6.45, 7) is 2.05. The third-order valence-electron chi connectivity index (χ3n) is 3.28. The van der Waals surface area contributed by atoms with Crippen molar-refractivity contribution in [2.45, 2.75) is 13.3 Å². The molecule has 0 amide bonds. The Kier molecular flexibility index (Phi) is 4.42. The van der Waals surface area contributed by atoms with Crippen LogP contribution in [0.5, 0.6) is 0 Å². The lowest BCUT2D eigenvalue weighted by molar-refractivity contribution is -0.134. The van der Waals surface area contributed by atoms with E-state index in [4.69, 9.17) is 4.74 Å². The Morgan fingerprint density at radius 3 is 2.62 bits per heavy atom. The molecule has 110 valence electrons. The zero-order valence-corrected chi connectivity index (χ0v) is 12.3. The lowest BCUT2D eigenvalue weighted by atomic mass is 10.1. The number of methoxy groups -OCH3 is 2. The van der Waals surface area contributed by atoms with E-state index in [9.17, 15) is 9.59 Å². The summed E-state index contributed by atoms with van der Waals surface area (Å²) in [4.78, 5) is 23.1. The molecule has 0 saturated carbocycles. The van der Waals surface area contributed by atoms with E-state index in [-0.39, 0.29) is 0 Å². The van der Waals surface area contributed by atoms with Gasteiger partial charge in [-0.25, -0.2) is 9.59 Å². The van der Waals surface area contributed by atoms with Gasteiger partial charge < -0.3 is 14.0 Å². The number of carbonyl (C=O) groups excluding carboxylic acids is 2. The lowest BCUT2D eigenvalue weighted by Crippen LogP contribution is -2.00. The van der Waals surface area contributed by atoms with Crippen molar-refractivity contribution in [2.75, 3.05) is 14.2 Å². The highest BCUT2D eigenvalue weighted by molar-refractivity contribution is 6.05. The van der Waals surface area contributed by atoms with Crippen LogP contribution in [0.4, 0.5) is 0 Å². The molecule has 0 saturated heterocycles. The fourth-order valence-electron chi connectivity index (χ4n) is 2.13. The minimum atomic E-state index is -0.457. The number of carbonyl (C=O) groups is 2. The molecule has 1 aromatic carbocycles. The standard InChI is InChI=1S/C16H17NO4/c1-4-11-5-6-14-12(9-11)13(16(19)21-3)10-17(14)8-7-15(18)20-2/h5-10H,4H2,1-3H3/b8-7+. The normalized spacial score (nSPS) is 11.0. The van der Waals surface area contributed by atoms with Crippen LogP contribution in [0.2, 0.25) is 0 Å². The van der Waals surface area contributed by atoms with Crippen LogP contribution in [0.3, 0.4) is 0 Å². The van der Waals surface area contributed by atoms with Crippen LogP contribution in [-0.4, -0.2) is 30.7 Å². The smallest absolute Gasteiger partial charge is 0.340 e. The molecular weight excluding hydrogens is 270 g/mol. The van der Waals surface area contributed by atoms with Crippen LogP contribution < -0.4 is 0 Å². The average molecular weight is 287 g/mol. The van der Waals surface area contributed by atoms with Crippen molar-refractivity contribution in [2.24, 2.45) is 0 Å². The van der Waals surface area contributed by atoms with E-state index in [1.165, 1.54) is 20.3 Å². The molecule has 2 aromatic rings. The molecule has 0 radical (unpaired) electrons. The van der Waals surface area contributed by atoms with Gasteiger partial charge in [0.15, 0.2) is 0 Å². The Balaban J connectivity index is 2.59. The van der Waals surface area contributed by atoms with Crippen molar-refractivity contribution in [3.63, 3.8) is 0 Å². The summed E-state index contributed by atoms with van der Waals surface area (Å²) in [6.07, 6.45) is 5.38. The highest BCUT2D eigenvalue weighted by Crippen LogP contribution is 2.24. The molecule has 0 aliphatic heterocycles. The maximum atomic E-state index is 11.9. The summed E-state index contributed by atoms with van der Waals surface area (Å²) < 4.78 is 11.1. The lowest BCUT2D eigenvalue weighted by Gasteiger charge is -2.01. The van der Waals surface area contributed by atoms with Crippen molar-refractivity contribution in [1.29, 1.82) is 0 Å². The Bertz CT molecular complexity index is 712. The van der Waals surface area contributed by atoms with Crippen molar-refractivity contribution < 1.29 is 19.1 Å². The van der Waals surface area contributed by atoms with E-state index >= 15 is 0 Å². The second-order valence-electron chi connectivity index (χ2n) is 4.49.